The Labute approximate surface area is 174 Å². The van der Waals surface area contributed by atoms with E-state index in [9.17, 15) is 22.8 Å². The molecule has 0 fully saturated rings. The van der Waals surface area contributed by atoms with E-state index in [0.717, 1.165) is 12.1 Å². The fourth-order valence-electron chi connectivity index (χ4n) is 2.78. The minimum atomic E-state index is -4.38. The number of thiol groups is 1. The molecule has 164 valence electrons. The molecule has 0 aliphatic carbocycles. The Morgan fingerprint density at radius 1 is 1.21 bits per heavy atom. The van der Waals surface area contributed by atoms with E-state index in [1.807, 2.05) is 0 Å². The Morgan fingerprint density at radius 3 is 2.28 bits per heavy atom. The van der Waals surface area contributed by atoms with E-state index >= 15 is 0 Å². The summed E-state index contributed by atoms with van der Waals surface area (Å²) < 4.78 is 37.9. The van der Waals surface area contributed by atoms with Gasteiger partial charge < -0.3 is 21.3 Å². The van der Waals surface area contributed by atoms with Crippen LogP contribution in [0.3, 0.4) is 0 Å². The van der Waals surface area contributed by atoms with Crippen molar-refractivity contribution in [2.75, 3.05) is 26.0 Å². The molecular weight excluding hydrogens is 405 g/mol. The Kier molecular flexibility index (Phi) is 9.94. The highest BCUT2D eigenvalue weighted by Gasteiger charge is 2.30. The van der Waals surface area contributed by atoms with E-state index in [2.05, 4.69) is 12.6 Å². The molecule has 1 aromatic carbocycles. The average molecular weight is 435 g/mol. The number of hydrogen-bond donors (Lipinski definition) is 3. The van der Waals surface area contributed by atoms with Crippen LogP contribution in [0.2, 0.25) is 0 Å². The molecule has 0 bridgehead atoms. The number of benzene rings is 1. The molecule has 2 atom stereocenters. The largest absolute Gasteiger partial charge is 0.416 e. The first-order chi connectivity index (χ1) is 13.5. The number of likely N-dealkylation sites (N-methyl/N-ethyl adjacent to an activating group) is 1. The average Bonchev–Trinajstić information content (AvgIpc) is 2.68. The Hall–Kier alpha value is -1.78. The maximum absolute atomic E-state index is 12.6. The summed E-state index contributed by atoms with van der Waals surface area (Å²) in [7, 11) is 1.59. The number of nitrogens with two attached hydrogens (primary N) is 2. The summed E-state index contributed by atoms with van der Waals surface area (Å²) in [6.45, 7) is 2.49. The zero-order valence-electron chi connectivity index (χ0n) is 16.7. The fourth-order valence-corrected chi connectivity index (χ4v) is 3.08. The van der Waals surface area contributed by atoms with Crippen LogP contribution >= 0.6 is 12.6 Å². The number of carbonyl (C=O) groups is 2. The molecule has 0 radical (unpaired) electrons. The molecule has 10 heteroatoms. The van der Waals surface area contributed by atoms with Gasteiger partial charge in [-0.3, -0.25) is 9.59 Å². The molecule has 0 heterocycles. The van der Waals surface area contributed by atoms with Gasteiger partial charge in [-0.05, 0) is 37.5 Å². The van der Waals surface area contributed by atoms with E-state index in [0.29, 0.717) is 25.1 Å². The van der Waals surface area contributed by atoms with Crippen LogP contribution in [0.25, 0.3) is 0 Å². The second-order valence-corrected chi connectivity index (χ2v) is 7.21. The van der Waals surface area contributed by atoms with E-state index < -0.39 is 17.8 Å². The number of alkyl halides is 3. The van der Waals surface area contributed by atoms with Crippen molar-refractivity contribution in [2.45, 2.75) is 44.4 Å². The smallest absolute Gasteiger partial charge is 0.341 e. The highest BCUT2D eigenvalue weighted by Crippen LogP contribution is 2.29. The molecule has 6 nitrogen and oxygen atoms in total. The van der Waals surface area contributed by atoms with Gasteiger partial charge in [0.05, 0.1) is 17.5 Å². The van der Waals surface area contributed by atoms with Gasteiger partial charge in [0.15, 0.2) is 0 Å². The maximum atomic E-state index is 12.6. The molecule has 2 unspecified atom stereocenters. The molecule has 1 aromatic rings. The molecule has 29 heavy (non-hydrogen) atoms. The molecule has 0 spiro atoms. The molecule has 0 saturated carbocycles. The number of amides is 2. The monoisotopic (exact) mass is 434 g/mol. The molecule has 4 N–H and O–H groups in total. The lowest BCUT2D eigenvalue weighted by Gasteiger charge is -2.28. The number of halogens is 3. The van der Waals surface area contributed by atoms with Gasteiger partial charge in [0, 0.05) is 32.6 Å². The summed E-state index contributed by atoms with van der Waals surface area (Å²) in [6.07, 6.45) is -3.71. The van der Waals surface area contributed by atoms with Crippen molar-refractivity contribution >= 4 is 24.4 Å². The number of hydrogen-bond acceptors (Lipinski definition) is 5. The van der Waals surface area contributed by atoms with Crippen molar-refractivity contribution in [1.82, 2.24) is 9.80 Å². The second kappa shape index (κ2) is 11.4. The molecule has 0 aliphatic rings. The molecule has 0 aliphatic heterocycles. The van der Waals surface area contributed by atoms with Crippen LogP contribution in [-0.4, -0.2) is 59.7 Å². The molecule has 1 rings (SSSR count). The van der Waals surface area contributed by atoms with Crippen LogP contribution in [0.4, 0.5) is 13.2 Å². The van der Waals surface area contributed by atoms with Gasteiger partial charge in [0.1, 0.15) is 0 Å². The Bertz CT molecular complexity index is 670. The van der Waals surface area contributed by atoms with Crippen molar-refractivity contribution < 1.29 is 22.8 Å². The van der Waals surface area contributed by atoms with Crippen LogP contribution in [0, 0.1) is 0 Å². The lowest BCUT2D eigenvalue weighted by Crippen LogP contribution is -2.46. The SMILES string of the molecule is CC(Cc1ccc(C(F)(F)F)cc1)N(C)C(=O)C(N)CCC(=O)N(CS)CCN. The summed E-state index contributed by atoms with van der Waals surface area (Å²) in [5, 5.41) is 0. The van der Waals surface area contributed by atoms with Crippen LogP contribution in [0.1, 0.15) is 30.9 Å². The molecular formula is C19H29F3N4O2S. The van der Waals surface area contributed by atoms with Crippen LogP contribution < -0.4 is 11.5 Å². The molecule has 0 aromatic heterocycles. The Morgan fingerprint density at radius 2 is 1.79 bits per heavy atom. The van der Waals surface area contributed by atoms with Gasteiger partial charge in [0.2, 0.25) is 11.8 Å². The summed E-state index contributed by atoms with van der Waals surface area (Å²) >= 11 is 4.08. The van der Waals surface area contributed by atoms with Crippen molar-refractivity contribution in [1.29, 1.82) is 0 Å². The molecule has 2 amide bonds. The van der Waals surface area contributed by atoms with E-state index in [1.165, 1.54) is 21.9 Å². The van der Waals surface area contributed by atoms with Crippen molar-refractivity contribution in [3.63, 3.8) is 0 Å². The van der Waals surface area contributed by atoms with Gasteiger partial charge in [-0.15, -0.1) is 0 Å². The van der Waals surface area contributed by atoms with Crippen molar-refractivity contribution in [3.8, 4) is 0 Å². The summed E-state index contributed by atoms with van der Waals surface area (Å²) in [5.74, 6) is -0.258. The first-order valence-electron chi connectivity index (χ1n) is 9.28. The third-order valence-electron chi connectivity index (χ3n) is 4.73. The van der Waals surface area contributed by atoms with Crippen molar-refractivity contribution in [3.05, 3.63) is 35.4 Å². The quantitative estimate of drug-likeness (QED) is 0.387. The summed E-state index contributed by atoms with van der Waals surface area (Å²) in [6, 6.07) is 3.73. The standard InChI is InChI=1S/C19H29F3N4O2S/c1-13(11-14-3-5-15(6-4-14)19(20,21)22)25(2)18(28)16(24)7-8-17(27)26(12-29)10-9-23/h3-6,13,16,29H,7-12,23-24H2,1-2H3. The maximum Gasteiger partial charge on any atom is 0.416 e. The zero-order chi connectivity index (χ0) is 22.2. The molecule has 0 saturated heterocycles. The normalized spacial score (nSPS) is 13.7. The first kappa shape index (κ1) is 25.3. The predicted octanol–water partition coefficient (Wildman–Crippen LogP) is 1.88. The van der Waals surface area contributed by atoms with Gasteiger partial charge >= 0.3 is 6.18 Å². The summed E-state index contributed by atoms with van der Waals surface area (Å²) in [5.41, 5.74) is 11.4. The van der Waals surface area contributed by atoms with E-state index in [1.54, 1.807) is 14.0 Å². The van der Waals surface area contributed by atoms with Crippen LogP contribution in [0.15, 0.2) is 24.3 Å². The third-order valence-corrected chi connectivity index (χ3v) is 5.07. The third kappa shape index (κ3) is 7.87. The highest BCUT2D eigenvalue weighted by atomic mass is 32.1. The summed E-state index contributed by atoms with van der Waals surface area (Å²) in [4.78, 5) is 27.6. The van der Waals surface area contributed by atoms with Gasteiger partial charge in [-0.25, -0.2) is 0 Å². The number of carbonyl (C=O) groups excluding carboxylic acids is 2. The lowest BCUT2D eigenvalue weighted by atomic mass is 10.0. The predicted molar refractivity (Wildman–Crippen MR) is 109 cm³/mol. The minimum absolute atomic E-state index is 0.106. The van der Waals surface area contributed by atoms with E-state index in [4.69, 9.17) is 11.5 Å². The lowest BCUT2D eigenvalue weighted by molar-refractivity contribution is -0.137. The van der Waals surface area contributed by atoms with Crippen LogP contribution in [0.5, 0.6) is 0 Å². The number of rotatable bonds is 10. The van der Waals surface area contributed by atoms with Gasteiger partial charge in [0.25, 0.3) is 0 Å². The highest BCUT2D eigenvalue weighted by molar-refractivity contribution is 7.80. The van der Waals surface area contributed by atoms with Gasteiger partial charge in [-0.2, -0.15) is 25.8 Å². The van der Waals surface area contributed by atoms with E-state index in [-0.39, 0.29) is 36.6 Å². The first-order valence-corrected chi connectivity index (χ1v) is 9.91. The second-order valence-electron chi connectivity index (χ2n) is 6.93. The van der Waals surface area contributed by atoms with Crippen LogP contribution in [-0.2, 0) is 22.2 Å². The Balaban J connectivity index is 2.59. The van der Waals surface area contributed by atoms with Crippen molar-refractivity contribution in [2.24, 2.45) is 11.5 Å². The topological polar surface area (TPSA) is 92.7 Å². The van der Waals surface area contributed by atoms with Gasteiger partial charge in [-0.1, -0.05) is 12.1 Å². The zero-order valence-corrected chi connectivity index (χ0v) is 17.5. The number of nitrogens with zero attached hydrogens (tertiary/aromatic N) is 2. The minimum Gasteiger partial charge on any atom is -0.341 e. The fraction of sp³-hybridized carbons (Fsp3) is 0.579.